The third-order valence-electron chi connectivity index (χ3n) is 2.83. The van der Waals surface area contributed by atoms with Crippen LogP contribution in [0.15, 0.2) is 39.4 Å². The Morgan fingerprint density at radius 2 is 1.86 bits per heavy atom. The highest BCUT2D eigenvalue weighted by Gasteiger charge is 2.17. The summed E-state index contributed by atoms with van der Waals surface area (Å²) in [6, 6.07) is 8.67. The normalized spacial score (nSPS) is 12.9. The van der Waals surface area contributed by atoms with Gasteiger partial charge in [0.15, 0.2) is 11.5 Å². The lowest BCUT2D eigenvalue weighted by Crippen LogP contribution is -2.17. The van der Waals surface area contributed by atoms with Gasteiger partial charge in [-0.05, 0) is 44.0 Å². The molecule has 0 fully saturated rings. The molecule has 0 atom stereocenters. The Morgan fingerprint density at radius 1 is 1.14 bits per heavy atom. The quantitative estimate of drug-likeness (QED) is 0.763. The molecule has 0 unspecified atom stereocenters. The first kappa shape index (κ1) is 14.3. The van der Waals surface area contributed by atoms with Crippen LogP contribution in [0.25, 0.3) is 0 Å². The van der Waals surface area contributed by atoms with Crippen LogP contribution in [0.4, 0.5) is 5.69 Å². The molecule has 1 aromatic heterocycles. The molecule has 0 spiro atoms. The number of amides is 1. The Bertz CT molecular complexity index is 707. The first-order valence-electron chi connectivity index (χ1n) is 6.16. The highest BCUT2D eigenvalue weighted by molar-refractivity contribution is 9.10. The molecule has 1 aliphatic heterocycles. The number of nitrogens with one attached hydrogen (secondary N) is 1. The summed E-state index contributed by atoms with van der Waals surface area (Å²) in [4.78, 5) is 16.3. The fraction of sp³-hybridized carbons (Fsp3) is 0.143. The average Bonchev–Trinajstić information content (AvgIpc) is 2.48. The van der Waals surface area contributed by atoms with E-state index in [4.69, 9.17) is 9.47 Å². The van der Waals surface area contributed by atoms with Gasteiger partial charge in [-0.15, -0.1) is 0 Å². The molecule has 0 radical (unpaired) electrons. The molecule has 7 heteroatoms. The molecule has 0 saturated heterocycles. The van der Waals surface area contributed by atoms with Gasteiger partial charge in [0.2, 0.25) is 0 Å². The van der Waals surface area contributed by atoms with Crippen LogP contribution in [0.1, 0.15) is 10.5 Å². The van der Waals surface area contributed by atoms with Gasteiger partial charge in [0, 0.05) is 16.6 Å². The van der Waals surface area contributed by atoms with E-state index in [1.54, 1.807) is 30.3 Å². The van der Waals surface area contributed by atoms with Crippen molar-refractivity contribution in [2.24, 2.45) is 0 Å². The number of aromatic nitrogens is 1. The van der Waals surface area contributed by atoms with Crippen LogP contribution < -0.4 is 14.8 Å². The van der Waals surface area contributed by atoms with E-state index in [-0.39, 0.29) is 5.91 Å². The zero-order valence-corrected chi connectivity index (χ0v) is 13.9. The van der Waals surface area contributed by atoms with E-state index in [0.29, 0.717) is 40.7 Å². The van der Waals surface area contributed by atoms with Gasteiger partial charge in [0.1, 0.15) is 23.5 Å². The van der Waals surface area contributed by atoms with Crippen LogP contribution in [0, 0.1) is 0 Å². The van der Waals surface area contributed by atoms with Crippen LogP contribution in [0.5, 0.6) is 11.5 Å². The van der Waals surface area contributed by atoms with Gasteiger partial charge in [-0.25, -0.2) is 4.98 Å². The Labute approximate surface area is 137 Å². The Hall–Kier alpha value is -1.60. The number of hydrogen-bond acceptors (Lipinski definition) is 4. The summed E-state index contributed by atoms with van der Waals surface area (Å²) in [6.07, 6.45) is 0. The van der Waals surface area contributed by atoms with E-state index in [2.05, 4.69) is 42.2 Å². The lowest BCUT2D eigenvalue weighted by atomic mass is 10.2. The maximum atomic E-state index is 12.2. The predicted octanol–water partition coefficient (Wildman–Crippen LogP) is 3.63. The van der Waals surface area contributed by atoms with Crippen molar-refractivity contribution in [1.82, 2.24) is 4.98 Å². The second kappa shape index (κ2) is 6.03. The minimum absolute atomic E-state index is 0.298. The standard InChI is InChI=1S/C14H10Br2N2O3/c15-8-6-11-12(21-5-4-20-11)7-10(8)18-14(19)9-2-1-3-13(16)17-9/h1-3,6-7H,4-5H2,(H,18,19). The van der Waals surface area contributed by atoms with Crippen molar-refractivity contribution in [3.8, 4) is 11.5 Å². The third kappa shape index (κ3) is 3.19. The van der Waals surface area contributed by atoms with Crippen LogP contribution in [0.3, 0.4) is 0 Å². The minimum Gasteiger partial charge on any atom is -0.486 e. The molecule has 2 aromatic rings. The fourth-order valence-electron chi connectivity index (χ4n) is 1.88. The Kier molecular flexibility index (Phi) is 4.12. The van der Waals surface area contributed by atoms with Crippen molar-refractivity contribution in [3.05, 3.63) is 45.1 Å². The molecule has 3 rings (SSSR count). The molecule has 1 amide bonds. The molecule has 1 aromatic carbocycles. The van der Waals surface area contributed by atoms with E-state index >= 15 is 0 Å². The van der Waals surface area contributed by atoms with Gasteiger partial charge in [-0.1, -0.05) is 6.07 Å². The molecule has 21 heavy (non-hydrogen) atoms. The summed E-state index contributed by atoms with van der Waals surface area (Å²) in [5, 5.41) is 2.80. The average molecular weight is 414 g/mol. The third-order valence-corrected chi connectivity index (χ3v) is 3.93. The van der Waals surface area contributed by atoms with Gasteiger partial charge in [0.05, 0.1) is 5.69 Å². The molecular weight excluding hydrogens is 404 g/mol. The van der Waals surface area contributed by atoms with Crippen LogP contribution >= 0.6 is 31.9 Å². The summed E-state index contributed by atoms with van der Waals surface area (Å²) < 4.78 is 12.3. The lowest BCUT2D eigenvalue weighted by molar-refractivity contribution is 0.102. The predicted molar refractivity (Wildman–Crippen MR) is 85.0 cm³/mol. The number of hydrogen-bond donors (Lipinski definition) is 1. The van der Waals surface area contributed by atoms with Crippen molar-refractivity contribution in [2.75, 3.05) is 18.5 Å². The van der Waals surface area contributed by atoms with Crippen LogP contribution in [0.2, 0.25) is 0 Å². The highest BCUT2D eigenvalue weighted by atomic mass is 79.9. The fourth-order valence-corrected chi connectivity index (χ4v) is 2.65. The number of benzene rings is 1. The van der Waals surface area contributed by atoms with Crippen LogP contribution in [-0.2, 0) is 0 Å². The summed E-state index contributed by atoms with van der Waals surface area (Å²) in [7, 11) is 0. The van der Waals surface area contributed by atoms with E-state index in [1.165, 1.54) is 0 Å². The summed E-state index contributed by atoms with van der Waals surface area (Å²) in [5.41, 5.74) is 0.928. The first-order valence-corrected chi connectivity index (χ1v) is 7.75. The summed E-state index contributed by atoms with van der Waals surface area (Å²) in [6.45, 7) is 1.02. The van der Waals surface area contributed by atoms with Gasteiger partial charge in [0.25, 0.3) is 5.91 Å². The van der Waals surface area contributed by atoms with E-state index in [1.807, 2.05) is 0 Å². The number of carbonyl (C=O) groups excluding carboxylic acids is 1. The maximum Gasteiger partial charge on any atom is 0.274 e. The topological polar surface area (TPSA) is 60.5 Å². The number of ether oxygens (including phenoxy) is 2. The van der Waals surface area contributed by atoms with E-state index in [9.17, 15) is 4.79 Å². The molecule has 0 aliphatic carbocycles. The minimum atomic E-state index is -0.298. The van der Waals surface area contributed by atoms with Crippen LogP contribution in [-0.4, -0.2) is 24.1 Å². The van der Waals surface area contributed by atoms with Crippen molar-refractivity contribution >= 4 is 43.5 Å². The zero-order valence-electron chi connectivity index (χ0n) is 10.7. The number of fused-ring (bicyclic) bond motifs is 1. The molecule has 0 saturated carbocycles. The second-order valence-electron chi connectivity index (χ2n) is 4.28. The maximum absolute atomic E-state index is 12.2. The number of rotatable bonds is 2. The molecule has 1 N–H and O–H groups in total. The first-order chi connectivity index (χ1) is 10.1. The van der Waals surface area contributed by atoms with Crippen molar-refractivity contribution in [2.45, 2.75) is 0 Å². The molecule has 2 heterocycles. The molecule has 5 nitrogen and oxygen atoms in total. The van der Waals surface area contributed by atoms with E-state index < -0.39 is 0 Å². The molecule has 1 aliphatic rings. The Morgan fingerprint density at radius 3 is 2.57 bits per heavy atom. The summed E-state index contributed by atoms with van der Waals surface area (Å²) in [5.74, 6) is 0.974. The van der Waals surface area contributed by atoms with Gasteiger partial charge in [-0.3, -0.25) is 4.79 Å². The summed E-state index contributed by atoms with van der Waals surface area (Å²) >= 11 is 6.65. The van der Waals surface area contributed by atoms with E-state index in [0.717, 1.165) is 4.47 Å². The molecular formula is C14H10Br2N2O3. The number of carbonyl (C=O) groups is 1. The highest BCUT2D eigenvalue weighted by Crippen LogP contribution is 2.38. The zero-order chi connectivity index (χ0) is 14.8. The number of anilines is 1. The van der Waals surface area contributed by atoms with Gasteiger partial charge in [-0.2, -0.15) is 0 Å². The van der Waals surface area contributed by atoms with Crippen molar-refractivity contribution in [3.63, 3.8) is 0 Å². The number of nitrogens with zero attached hydrogens (tertiary/aromatic N) is 1. The smallest absolute Gasteiger partial charge is 0.274 e. The van der Waals surface area contributed by atoms with Crippen molar-refractivity contribution in [1.29, 1.82) is 0 Å². The lowest BCUT2D eigenvalue weighted by Gasteiger charge is -2.20. The largest absolute Gasteiger partial charge is 0.486 e. The number of pyridine rings is 1. The molecule has 0 bridgehead atoms. The SMILES string of the molecule is O=C(Nc1cc2c(cc1Br)OCCO2)c1cccc(Br)n1. The monoisotopic (exact) mass is 412 g/mol. The van der Waals surface area contributed by atoms with Gasteiger partial charge < -0.3 is 14.8 Å². The second-order valence-corrected chi connectivity index (χ2v) is 5.94. The number of halogens is 2. The van der Waals surface area contributed by atoms with Crippen molar-refractivity contribution < 1.29 is 14.3 Å². The Balaban J connectivity index is 1.86. The molecule has 108 valence electrons. The van der Waals surface area contributed by atoms with Gasteiger partial charge >= 0.3 is 0 Å².